The van der Waals surface area contributed by atoms with E-state index < -0.39 is 47.9 Å². The number of carbonyl (C=O) groups excluding carboxylic acids is 3. The summed E-state index contributed by atoms with van der Waals surface area (Å²) in [6.07, 6.45) is 0.680. The lowest BCUT2D eigenvalue weighted by Crippen LogP contribution is -2.57. The highest BCUT2D eigenvalue weighted by Gasteiger charge is 2.28. The van der Waals surface area contributed by atoms with Crippen LogP contribution in [0.5, 0.6) is 0 Å². The fourth-order valence-electron chi connectivity index (χ4n) is 2.78. The minimum atomic E-state index is -1.21. The number of carboxylic acid groups (broad SMARTS) is 1. The summed E-state index contributed by atoms with van der Waals surface area (Å²) >= 11 is 0. The third kappa shape index (κ3) is 10.5. The molecular weight excluding hydrogens is 430 g/mol. The van der Waals surface area contributed by atoms with Gasteiger partial charge < -0.3 is 38.3 Å². The molecule has 3 amide bonds. The zero-order valence-electron chi connectivity index (χ0n) is 18.8. The highest BCUT2D eigenvalue weighted by atomic mass is 16.4. The lowest BCUT2D eigenvalue weighted by Gasteiger charge is -2.24. The fraction of sp³-hybridized carbons (Fsp3) is 0.476. The van der Waals surface area contributed by atoms with Gasteiger partial charge in [0.1, 0.15) is 18.1 Å². The number of nitrogens with zero attached hydrogens (tertiary/aromatic N) is 1. The topological polar surface area (TPSA) is 215 Å². The van der Waals surface area contributed by atoms with Gasteiger partial charge >= 0.3 is 5.97 Å². The zero-order valence-corrected chi connectivity index (χ0v) is 18.8. The predicted octanol–water partition coefficient (Wildman–Crippen LogP) is -1.81. The van der Waals surface area contributed by atoms with Gasteiger partial charge in [-0.1, -0.05) is 30.3 Å². The summed E-state index contributed by atoms with van der Waals surface area (Å²) in [5, 5.41) is 16.6. The Morgan fingerprint density at radius 2 is 1.52 bits per heavy atom. The monoisotopic (exact) mass is 463 g/mol. The largest absolute Gasteiger partial charge is 0.480 e. The molecule has 0 unspecified atom stereocenters. The van der Waals surface area contributed by atoms with Crippen LogP contribution in [-0.2, 0) is 25.6 Å². The summed E-state index contributed by atoms with van der Waals surface area (Å²) in [6.45, 7) is 3.03. The number of benzene rings is 1. The van der Waals surface area contributed by atoms with Crippen molar-refractivity contribution < 1.29 is 24.3 Å². The van der Waals surface area contributed by atoms with Crippen molar-refractivity contribution in [1.29, 1.82) is 0 Å². The lowest BCUT2D eigenvalue weighted by molar-refractivity contribution is -0.141. The number of guanidine groups is 1. The summed E-state index contributed by atoms with van der Waals surface area (Å²) in [7, 11) is 0. The smallest absolute Gasteiger partial charge is 0.325 e. The number of aliphatic imine (C=N–C) groups is 1. The van der Waals surface area contributed by atoms with Crippen LogP contribution in [0.1, 0.15) is 32.3 Å². The molecule has 0 saturated carbocycles. The Morgan fingerprint density at radius 3 is 2.06 bits per heavy atom. The van der Waals surface area contributed by atoms with Gasteiger partial charge in [0.15, 0.2) is 5.96 Å². The van der Waals surface area contributed by atoms with Crippen molar-refractivity contribution in [2.45, 2.75) is 57.3 Å². The molecule has 1 aromatic rings. The highest BCUT2D eigenvalue weighted by Crippen LogP contribution is 2.06. The maximum atomic E-state index is 13.0. The molecule has 0 spiro atoms. The molecule has 33 heavy (non-hydrogen) atoms. The molecule has 0 bridgehead atoms. The number of nitrogens with one attached hydrogen (secondary N) is 3. The number of hydrogen-bond acceptors (Lipinski definition) is 6. The Balaban J connectivity index is 3.01. The second kappa shape index (κ2) is 13.7. The summed E-state index contributed by atoms with van der Waals surface area (Å²) < 4.78 is 0. The minimum absolute atomic E-state index is 0.0947. The average molecular weight is 464 g/mol. The van der Waals surface area contributed by atoms with Crippen molar-refractivity contribution in [3.63, 3.8) is 0 Å². The maximum absolute atomic E-state index is 13.0. The van der Waals surface area contributed by atoms with Crippen LogP contribution in [0.3, 0.4) is 0 Å². The first-order valence-electron chi connectivity index (χ1n) is 10.5. The van der Waals surface area contributed by atoms with Crippen LogP contribution >= 0.6 is 0 Å². The van der Waals surface area contributed by atoms with Crippen molar-refractivity contribution in [3.8, 4) is 0 Å². The average Bonchev–Trinajstić information content (AvgIpc) is 2.75. The molecule has 0 aliphatic heterocycles. The predicted molar refractivity (Wildman–Crippen MR) is 123 cm³/mol. The molecule has 12 heteroatoms. The van der Waals surface area contributed by atoms with E-state index in [1.807, 2.05) is 0 Å². The highest BCUT2D eigenvalue weighted by molar-refractivity contribution is 5.94. The summed E-state index contributed by atoms with van der Waals surface area (Å²) in [5.41, 5.74) is 16.9. The molecule has 12 nitrogen and oxygen atoms in total. The minimum Gasteiger partial charge on any atom is -0.480 e. The van der Waals surface area contributed by atoms with Crippen molar-refractivity contribution in [2.75, 3.05) is 6.54 Å². The van der Waals surface area contributed by atoms with Crippen LogP contribution in [0.2, 0.25) is 0 Å². The lowest BCUT2D eigenvalue weighted by atomic mass is 10.0. The van der Waals surface area contributed by atoms with E-state index in [2.05, 4.69) is 20.9 Å². The quantitative estimate of drug-likeness (QED) is 0.100. The van der Waals surface area contributed by atoms with Crippen LogP contribution in [0.4, 0.5) is 0 Å². The van der Waals surface area contributed by atoms with Crippen molar-refractivity contribution in [1.82, 2.24) is 16.0 Å². The van der Waals surface area contributed by atoms with Gasteiger partial charge in [0, 0.05) is 13.0 Å². The summed E-state index contributed by atoms with van der Waals surface area (Å²) in [5.74, 6) is -3.13. The van der Waals surface area contributed by atoms with Gasteiger partial charge in [-0.15, -0.1) is 0 Å². The third-order valence-corrected chi connectivity index (χ3v) is 4.64. The third-order valence-electron chi connectivity index (χ3n) is 4.64. The first-order chi connectivity index (χ1) is 15.5. The Labute approximate surface area is 192 Å². The Kier molecular flexibility index (Phi) is 11.3. The molecule has 0 radical (unpaired) electrons. The summed E-state index contributed by atoms with van der Waals surface area (Å²) in [4.78, 5) is 52.8. The van der Waals surface area contributed by atoms with Gasteiger partial charge in [0.05, 0.1) is 6.04 Å². The van der Waals surface area contributed by atoms with Crippen molar-refractivity contribution >= 4 is 29.7 Å². The van der Waals surface area contributed by atoms with Gasteiger partial charge in [-0.2, -0.15) is 0 Å². The number of hydrogen-bond donors (Lipinski definition) is 7. The molecule has 0 fully saturated rings. The number of nitrogens with two attached hydrogens (primary N) is 3. The van der Waals surface area contributed by atoms with Crippen LogP contribution < -0.4 is 33.2 Å². The first kappa shape index (κ1) is 27.4. The normalized spacial score (nSPS) is 14.2. The van der Waals surface area contributed by atoms with E-state index in [-0.39, 0.29) is 25.3 Å². The van der Waals surface area contributed by atoms with E-state index in [4.69, 9.17) is 22.3 Å². The number of rotatable bonds is 13. The van der Waals surface area contributed by atoms with Crippen LogP contribution in [-0.4, -0.2) is 65.5 Å². The molecule has 0 aliphatic rings. The number of amides is 3. The van der Waals surface area contributed by atoms with E-state index in [0.717, 1.165) is 5.56 Å². The molecule has 0 aliphatic carbocycles. The van der Waals surface area contributed by atoms with Crippen LogP contribution in [0.25, 0.3) is 0 Å². The first-order valence-corrected chi connectivity index (χ1v) is 10.5. The van der Waals surface area contributed by atoms with E-state index in [1.54, 1.807) is 30.3 Å². The van der Waals surface area contributed by atoms with Crippen LogP contribution in [0, 0.1) is 0 Å². The fourth-order valence-corrected chi connectivity index (χ4v) is 2.78. The second-order valence-corrected chi connectivity index (χ2v) is 7.62. The molecular formula is C21H33N7O5. The summed E-state index contributed by atoms with van der Waals surface area (Å²) in [6, 6.07) is 4.84. The number of carboxylic acids is 1. The SMILES string of the molecule is C[C@H](N)C(=O)N[C@@H](CCCN=C(N)N)C(=O)N[C@@H](Cc1ccccc1)C(=O)N[C@@H](C)C(=O)O. The molecule has 1 rings (SSSR count). The molecule has 4 atom stereocenters. The number of aliphatic carboxylic acids is 1. The van der Waals surface area contributed by atoms with E-state index >= 15 is 0 Å². The molecule has 0 saturated heterocycles. The molecule has 10 N–H and O–H groups in total. The molecule has 0 heterocycles. The Bertz CT molecular complexity index is 841. The Hall–Kier alpha value is -3.67. The molecule has 1 aromatic carbocycles. The van der Waals surface area contributed by atoms with Gasteiger partial charge in [0.25, 0.3) is 0 Å². The number of carbonyl (C=O) groups is 4. The standard InChI is InChI=1S/C21H33N7O5/c1-12(22)17(29)27-15(9-6-10-25-21(23)24)18(30)28-16(11-14-7-4-3-5-8-14)19(31)26-13(2)20(32)33/h3-5,7-8,12-13,15-16H,6,9-11,22H2,1-2H3,(H,26,31)(H,27,29)(H,28,30)(H,32,33)(H4,23,24,25)/t12-,13-,15-,16-/m0/s1. The van der Waals surface area contributed by atoms with E-state index in [1.165, 1.54) is 13.8 Å². The Morgan fingerprint density at radius 1 is 0.939 bits per heavy atom. The van der Waals surface area contributed by atoms with Gasteiger partial charge in [-0.25, -0.2) is 0 Å². The zero-order chi connectivity index (χ0) is 25.0. The van der Waals surface area contributed by atoms with Crippen molar-refractivity contribution in [2.24, 2.45) is 22.2 Å². The van der Waals surface area contributed by atoms with E-state index in [9.17, 15) is 19.2 Å². The maximum Gasteiger partial charge on any atom is 0.325 e. The second-order valence-electron chi connectivity index (χ2n) is 7.62. The van der Waals surface area contributed by atoms with Gasteiger partial charge in [-0.3, -0.25) is 24.2 Å². The molecule has 0 aromatic heterocycles. The van der Waals surface area contributed by atoms with Gasteiger partial charge in [-0.05, 0) is 32.3 Å². The van der Waals surface area contributed by atoms with Crippen molar-refractivity contribution in [3.05, 3.63) is 35.9 Å². The molecule has 182 valence electrons. The van der Waals surface area contributed by atoms with Crippen LogP contribution in [0.15, 0.2) is 35.3 Å². The van der Waals surface area contributed by atoms with Gasteiger partial charge in [0.2, 0.25) is 17.7 Å². The van der Waals surface area contributed by atoms with E-state index in [0.29, 0.717) is 6.42 Å².